The van der Waals surface area contributed by atoms with Gasteiger partial charge in [0.05, 0.1) is 22.4 Å². The van der Waals surface area contributed by atoms with Crippen LogP contribution >= 0.6 is 0 Å². The Labute approximate surface area is 275 Å². The molecular weight excluding hydrogens is 584 g/mol. The third-order valence-corrected chi connectivity index (χ3v) is 7.85. The smallest absolute Gasteiger partial charge is 0.237 e. The molecule has 8 nitrogen and oxygen atoms in total. The van der Waals surface area contributed by atoms with Crippen LogP contribution in [0.1, 0.15) is 15.2 Å². The Hall–Kier alpha value is -6.41. The second-order valence-electron chi connectivity index (χ2n) is 11.0. The summed E-state index contributed by atoms with van der Waals surface area (Å²) in [5, 5.41) is 1.29. The zero-order chi connectivity index (χ0) is 34.2. The predicted octanol–water partition coefficient (Wildman–Crippen LogP) is 9.29. The third kappa shape index (κ3) is 5.42. The minimum absolute atomic E-state index is 0.142. The summed E-state index contributed by atoms with van der Waals surface area (Å²) < 4.78 is 40.5. The molecule has 4 aromatic carbocycles. The molecule has 8 rings (SSSR count). The molecule has 0 saturated heterocycles. The molecule has 0 aliphatic carbocycles. The number of nitrogens with zero attached hydrogens (tertiary/aromatic N) is 6. The first-order valence-corrected chi connectivity index (χ1v) is 15.0. The summed E-state index contributed by atoms with van der Waals surface area (Å²) in [6, 6.07) is 33.9. The van der Waals surface area contributed by atoms with Gasteiger partial charge in [-0.05, 0) is 85.6 Å². The van der Waals surface area contributed by atoms with E-state index in [0.717, 1.165) is 33.5 Å². The van der Waals surface area contributed by atoms with Crippen molar-refractivity contribution in [3.63, 3.8) is 0 Å². The number of aromatic nitrogens is 6. The molecule has 0 bridgehead atoms. The Kier molecular flexibility index (Phi) is 6.26. The Morgan fingerprint density at radius 2 is 1.11 bits per heavy atom. The highest BCUT2D eigenvalue weighted by molar-refractivity contribution is 6.13. The number of hydrogen-bond donors (Lipinski definition) is 0. The van der Waals surface area contributed by atoms with E-state index in [4.69, 9.17) is 13.6 Å². The van der Waals surface area contributed by atoms with Crippen molar-refractivity contribution >= 4 is 21.8 Å². The van der Waals surface area contributed by atoms with Crippen LogP contribution in [0, 0.1) is 13.8 Å². The molecular formula is C39H28N6O2. The van der Waals surface area contributed by atoms with Crippen LogP contribution in [0.25, 0.3) is 50.3 Å². The van der Waals surface area contributed by atoms with E-state index >= 15 is 0 Å². The van der Waals surface area contributed by atoms with Gasteiger partial charge < -0.3 is 9.47 Å². The van der Waals surface area contributed by atoms with E-state index in [1.54, 1.807) is 18.5 Å². The van der Waals surface area contributed by atoms with Crippen LogP contribution in [-0.4, -0.2) is 29.5 Å². The van der Waals surface area contributed by atoms with Crippen molar-refractivity contribution in [1.29, 1.82) is 0 Å². The number of hydrogen-bond acceptors (Lipinski definition) is 7. The van der Waals surface area contributed by atoms with E-state index in [-0.39, 0.29) is 5.56 Å². The molecule has 0 N–H and O–H groups in total. The van der Waals surface area contributed by atoms with Gasteiger partial charge in [0, 0.05) is 50.5 Å². The van der Waals surface area contributed by atoms with E-state index < -0.39 is 6.85 Å². The Morgan fingerprint density at radius 1 is 0.553 bits per heavy atom. The minimum atomic E-state index is -2.47. The molecule has 0 saturated carbocycles. The van der Waals surface area contributed by atoms with Gasteiger partial charge in [-0.1, -0.05) is 36.4 Å². The first-order chi connectivity index (χ1) is 24.3. The van der Waals surface area contributed by atoms with Crippen LogP contribution < -0.4 is 9.47 Å². The molecule has 47 heavy (non-hydrogen) atoms. The zero-order valence-corrected chi connectivity index (χ0v) is 25.2. The molecule has 226 valence electrons. The van der Waals surface area contributed by atoms with Crippen LogP contribution in [0.15, 0.2) is 134 Å². The van der Waals surface area contributed by atoms with Gasteiger partial charge in [0.25, 0.3) is 0 Å². The standard InChI is InChI=1S/C39H28N6O2/c1-25-17-31(46-29-11-7-9-27(19-29)33-13-3-5-15-41-33)21-35-37(25)38-26(2)18-32(22-36(38)45(35)39-43-23-40-24-44-39)47-30-12-8-10-28(20-30)34-14-4-6-16-42-34/h3-24H,1-2H3/i1D3. The van der Waals surface area contributed by atoms with Crippen LogP contribution in [0.2, 0.25) is 0 Å². The van der Waals surface area contributed by atoms with E-state index in [9.17, 15) is 0 Å². The Balaban J connectivity index is 1.30. The lowest BCUT2D eigenvalue weighted by Gasteiger charge is -2.11. The maximum Gasteiger partial charge on any atom is 0.237 e. The van der Waals surface area contributed by atoms with E-state index in [1.807, 2.05) is 115 Å². The summed E-state index contributed by atoms with van der Waals surface area (Å²) in [7, 11) is 0. The first kappa shape index (κ1) is 24.9. The lowest BCUT2D eigenvalue weighted by Crippen LogP contribution is -2.01. The zero-order valence-electron chi connectivity index (χ0n) is 28.2. The maximum atomic E-state index is 8.61. The normalized spacial score (nSPS) is 12.4. The topological polar surface area (TPSA) is 87.8 Å². The fraction of sp³-hybridized carbons (Fsp3) is 0.0513. The van der Waals surface area contributed by atoms with Gasteiger partial charge in [-0.15, -0.1) is 0 Å². The van der Waals surface area contributed by atoms with E-state index in [0.29, 0.717) is 45.4 Å². The van der Waals surface area contributed by atoms with Crippen molar-refractivity contribution in [3.05, 3.63) is 145 Å². The van der Waals surface area contributed by atoms with Crippen LogP contribution in [-0.2, 0) is 0 Å². The number of benzene rings is 4. The quantitative estimate of drug-likeness (QED) is 0.177. The average Bonchev–Trinajstić information content (AvgIpc) is 3.46. The van der Waals surface area contributed by atoms with Gasteiger partial charge in [-0.2, -0.15) is 0 Å². The van der Waals surface area contributed by atoms with Crippen molar-refractivity contribution in [1.82, 2.24) is 29.5 Å². The van der Waals surface area contributed by atoms with Gasteiger partial charge in [-0.3, -0.25) is 14.5 Å². The van der Waals surface area contributed by atoms with Crippen LogP contribution in [0.3, 0.4) is 0 Å². The molecule has 8 heteroatoms. The summed E-state index contributed by atoms with van der Waals surface area (Å²) in [5.41, 5.74) is 5.60. The number of ether oxygens (including phenoxy) is 2. The maximum absolute atomic E-state index is 8.61. The van der Waals surface area contributed by atoms with Gasteiger partial charge in [0.1, 0.15) is 35.7 Å². The number of aryl methyl sites for hydroxylation is 2. The summed E-state index contributed by atoms with van der Waals surface area (Å²) in [6.45, 7) is -0.535. The second-order valence-corrected chi connectivity index (χ2v) is 11.0. The second kappa shape index (κ2) is 11.8. The Bertz CT molecular complexity index is 2490. The molecule has 0 atom stereocenters. The third-order valence-electron chi connectivity index (χ3n) is 7.85. The van der Waals surface area contributed by atoms with Crippen molar-refractivity contribution in [2.24, 2.45) is 0 Å². The summed E-state index contributed by atoms with van der Waals surface area (Å²) in [5.74, 6) is 2.39. The molecule has 8 aromatic rings. The molecule has 0 spiro atoms. The molecule has 0 amide bonds. The fourth-order valence-corrected chi connectivity index (χ4v) is 5.87. The molecule has 0 aliphatic rings. The Morgan fingerprint density at radius 3 is 1.64 bits per heavy atom. The van der Waals surface area contributed by atoms with Crippen molar-refractivity contribution in [2.45, 2.75) is 13.8 Å². The highest BCUT2D eigenvalue weighted by atomic mass is 16.5. The average molecular weight is 616 g/mol. The summed E-state index contributed by atoms with van der Waals surface area (Å²) in [4.78, 5) is 21.9. The van der Waals surface area contributed by atoms with Gasteiger partial charge in [-0.25, -0.2) is 15.0 Å². The number of fused-ring (bicyclic) bond motifs is 3. The minimum Gasteiger partial charge on any atom is -0.457 e. The highest BCUT2D eigenvalue weighted by Gasteiger charge is 2.20. The number of pyridine rings is 2. The molecule has 0 fully saturated rings. The predicted molar refractivity (Wildman–Crippen MR) is 183 cm³/mol. The fourth-order valence-electron chi connectivity index (χ4n) is 5.87. The SMILES string of the molecule is [2H]C([2H])([2H])c1cc(Oc2cccc(-c3ccccn3)c2)cc2c1c1c(C)cc(Oc3cccc(-c4ccccn4)c3)cc1n2-c1ncncn1. The monoisotopic (exact) mass is 615 g/mol. The number of rotatable bonds is 7. The molecule has 4 heterocycles. The molecule has 0 radical (unpaired) electrons. The van der Waals surface area contributed by atoms with E-state index in [1.165, 1.54) is 12.7 Å². The highest BCUT2D eigenvalue weighted by Crippen LogP contribution is 2.41. The largest absolute Gasteiger partial charge is 0.457 e. The molecule has 4 aromatic heterocycles. The van der Waals surface area contributed by atoms with Crippen molar-refractivity contribution < 1.29 is 13.6 Å². The van der Waals surface area contributed by atoms with Gasteiger partial charge in [0.15, 0.2) is 0 Å². The van der Waals surface area contributed by atoms with Crippen LogP contribution in [0.4, 0.5) is 0 Å². The lowest BCUT2D eigenvalue weighted by molar-refractivity contribution is 0.483. The summed E-state index contributed by atoms with van der Waals surface area (Å²) in [6.07, 6.45) is 6.30. The molecule has 0 unspecified atom stereocenters. The van der Waals surface area contributed by atoms with E-state index in [2.05, 4.69) is 24.9 Å². The molecule has 0 aliphatic heterocycles. The lowest BCUT2D eigenvalue weighted by atomic mass is 10.0. The van der Waals surface area contributed by atoms with Crippen molar-refractivity contribution in [2.75, 3.05) is 0 Å². The van der Waals surface area contributed by atoms with Gasteiger partial charge in [0.2, 0.25) is 5.95 Å². The first-order valence-electron chi connectivity index (χ1n) is 16.5. The van der Waals surface area contributed by atoms with Crippen molar-refractivity contribution in [3.8, 4) is 51.5 Å². The van der Waals surface area contributed by atoms with Gasteiger partial charge >= 0.3 is 0 Å². The summed E-state index contributed by atoms with van der Waals surface area (Å²) >= 11 is 0. The van der Waals surface area contributed by atoms with Crippen LogP contribution in [0.5, 0.6) is 23.0 Å².